The first-order valence-corrected chi connectivity index (χ1v) is 6.61. The summed E-state index contributed by atoms with van der Waals surface area (Å²) in [6.45, 7) is 1.74. The van der Waals surface area contributed by atoms with Crippen molar-refractivity contribution in [3.05, 3.63) is 0 Å². The van der Waals surface area contributed by atoms with Gasteiger partial charge in [0.25, 0.3) is 0 Å². The highest BCUT2D eigenvalue weighted by molar-refractivity contribution is 5.76. The first-order valence-electron chi connectivity index (χ1n) is 6.61. The van der Waals surface area contributed by atoms with Gasteiger partial charge in [-0.15, -0.1) is 0 Å². The average Bonchev–Trinajstić information content (AvgIpc) is 2.43. The highest BCUT2D eigenvalue weighted by Gasteiger charge is 2.40. The first-order chi connectivity index (χ1) is 8.93. The second kappa shape index (κ2) is 6.86. The Morgan fingerprint density at radius 1 is 1.32 bits per heavy atom. The predicted molar refractivity (Wildman–Crippen MR) is 68.6 cm³/mol. The number of hydrogen-bond acceptors (Lipinski definition) is 5. The lowest BCUT2D eigenvalue weighted by Gasteiger charge is -2.34. The Morgan fingerprint density at radius 3 is 2.37 bits per heavy atom. The summed E-state index contributed by atoms with van der Waals surface area (Å²) in [6.07, 6.45) is 3.52. The van der Waals surface area contributed by atoms with E-state index in [-0.39, 0.29) is 6.61 Å². The van der Waals surface area contributed by atoms with Crippen molar-refractivity contribution < 1.29 is 24.2 Å². The van der Waals surface area contributed by atoms with Gasteiger partial charge >= 0.3 is 11.9 Å². The molecular weight excluding hydrogens is 250 g/mol. The third-order valence-corrected chi connectivity index (χ3v) is 3.87. The topological polar surface area (TPSA) is 98.9 Å². The molecule has 1 saturated carbocycles. The molecule has 0 unspecified atom stereocenters. The number of methoxy groups -OCH3 is 1. The van der Waals surface area contributed by atoms with Gasteiger partial charge in [0.05, 0.1) is 25.2 Å². The number of carbonyl (C=O) groups is 2. The smallest absolute Gasteiger partial charge is 0.325 e. The van der Waals surface area contributed by atoms with E-state index in [0.29, 0.717) is 12.8 Å². The summed E-state index contributed by atoms with van der Waals surface area (Å²) in [7, 11) is 1.26. The van der Waals surface area contributed by atoms with Crippen LogP contribution in [-0.4, -0.2) is 42.9 Å². The molecule has 1 fully saturated rings. The zero-order valence-electron chi connectivity index (χ0n) is 11.6. The number of carboxylic acid groups (broad SMARTS) is 1. The molecule has 6 nitrogen and oxygen atoms in total. The van der Waals surface area contributed by atoms with Gasteiger partial charge in [0.2, 0.25) is 0 Å². The van der Waals surface area contributed by atoms with Crippen molar-refractivity contribution in [3.63, 3.8) is 0 Å². The van der Waals surface area contributed by atoms with Crippen LogP contribution in [0.1, 0.15) is 39.0 Å². The molecule has 0 aromatic carbocycles. The zero-order chi connectivity index (χ0) is 14.5. The van der Waals surface area contributed by atoms with Crippen molar-refractivity contribution in [3.8, 4) is 0 Å². The largest absolute Gasteiger partial charge is 0.481 e. The number of carboxylic acids is 1. The Kier molecular flexibility index (Phi) is 5.75. The van der Waals surface area contributed by atoms with Crippen LogP contribution in [0.3, 0.4) is 0 Å². The molecular formula is C13H23NO5. The molecule has 2 atom stereocenters. The maximum absolute atomic E-state index is 11.4. The molecule has 0 bridgehead atoms. The van der Waals surface area contributed by atoms with Crippen LogP contribution < -0.4 is 5.73 Å². The number of nitrogens with two attached hydrogens (primary N) is 1. The molecule has 0 aliphatic heterocycles. The number of ether oxygens (including phenoxy) is 2. The summed E-state index contributed by atoms with van der Waals surface area (Å²) in [4.78, 5) is 22.7. The lowest BCUT2D eigenvalue weighted by molar-refractivity contribution is -0.159. The molecule has 0 aromatic heterocycles. The fraction of sp³-hybridized carbons (Fsp3) is 0.846. The number of rotatable bonds is 6. The second-order valence-electron chi connectivity index (χ2n) is 5.21. The average molecular weight is 273 g/mol. The molecule has 0 heterocycles. The lowest BCUT2D eigenvalue weighted by atomic mass is 9.74. The molecule has 0 saturated heterocycles. The van der Waals surface area contributed by atoms with Crippen molar-refractivity contribution in [2.24, 2.45) is 11.1 Å². The highest BCUT2D eigenvalue weighted by atomic mass is 16.5. The van der Waals surface area contributed by atoms with Gasteiger partial charge in [-0.2, -0.15) is 0 Å². The lowest BCUT2D eigenvalue weighted by Crippen LogP contribution is -2.45. The number of esters is 1. The normalized spacial score (nSPS) is 21.4. The number of aliphatic carboxylic acids is 1. The molecule has 1 rings (SSSR count). The Bertz CT molecular complexity index is 325. The molecule has 0 amide bonds. The van der Waals surface area contributed by atoms with Crippen LogP contribution in [0.15, 0.2) is 0 Å². The Hall–Kier alpha value is -1.14. The fourth-order valence-electron chi connectivity index (χ4n) is 2.37. The van der Waals surface area contributed by atoms with Gasteiger partial charge in [-0.1, -0.05) is 19.3 Å². The van der Waals surface area contributed by atoms with E-state index in [1.54, 1.807) is 6.92 Å². The number of hydrogen-bond donors (Lipinski definition) is 2. The van der Waals surface area contributed by atoms with Crippen LogP contribution in [0.5, 0.6) is 0 Å². The van der Waals surface area contributed by atoms with Crippen molar-refractivity contribution >= 4 is 11.9 Å². The minimum atomic E-state index is -0.889. The van der Waals surface area contributed by atoms with Crippen LogP contribution in [0.2, 0.25) is 0 Å². The molecule has 0 aromatic rings. The summed E-state index contributed by atoms with van der Waals surface area (Å²) in [5, 5.41) is 9.39. The fourth-order valence-corrected chi connectivity index (χ4v) is 2.37. The van der Waals surface area contributed by atoms with E-state index < -0.39 is 29.5 Å². The summed E-state index contributed by atoms with van der Waals surface area (Å²) in [5.74, 6) is -1.38. The number of carbonyl (C=O) groups excluding carboxylic acids is 1. The van der Waals surface area contributed by atoms with E-state index in [2.05, 4.69) is 4.74 Å². The van der Waals surface area contributed by atoms with Gasteiger partial charge in [-0.3, -0.25) is 9.59 Å². The monoisotopic (exact) mass is 273 g/mol. The van der Waals surface area contributed by atoms with Crippen molar-refractivity contribution in [1.29, 1.82) is 0 Å². The molecule has 6 heteroatoms. The standard InChI is InChI=1S/C13H23NO5/c1-9(10(14)11(15)18-2)19-8-13(12(16)17)6-4-3-5-7-13/h9-10H,3-8,14H2,1-2H3,(H,16,17)/t9-,10+/m1/s1. The van der Waals surface area contributed by atoms with Crippen LogP contribution in [0.25, 0.3) is 0 Å². The third-order valence-electron chi connectivity index (χ3n) is 3.87. The molecule has 19 heavy (non-hydrogen) atoms. The van der Waals surface area contributed by atoms with E-state index >= 15 is 0 Å². The minimum absolute atomic E-state index is 0.0915. The summed E-state index contributed by atoms with van der Waals surface area (Å²) in [6, 6.07) is -0.889. The summed E-state index contributed by atoms with van der Waals surface area (Å²) in [5.41, 5.74) is 4.83. The molecule has 0 radical (unpaired) electrons. The molecule has 3 N–H and O–H groups in total. The van der Waals surface area contributed by atoms with Crippen molar-refractivity contribution in [2.75, 3.05) is 13.7 Å². The van der Waals surface area contributed by atoms with E-state index in [4.69, 9.17) is 10.5 Å². The van der Waals surface area contributed by atoms with Crippen LogP contribution in [0.4, 0.5) is 0 Å². The SMILES string of the molecule is COC(=O)[C@@H](N)[C@@H](C)OCC1(C(=O)O)CCCCC1. The Morgan fingerprint density at radius 2 is 1.89 bits per heavy atom. The van der Waals surface area contributed by atoms with Crippen LogP contribution >= 0.6 is 0 Å². The maximum atomic E-state index is 11.4. The first kappa shape index (κ1) is 15.9. The van der Waals surface area contributed by atoms with Gasteiger partial charge in [-0.05, 0) is 19.8 Å². The van der Waals surface area contributed by atoms with Gasteiger partial charge in [0.15, 0.2) is 0 Å². The highest BCUT2D eigenvalue weighted by Crippen LogP contribution is 2.37. The van der Waals surface area contributed by atoms with Crippen molar-refractivity contribution in [1.82, 2.24) is 0 Å². The van der Waals surface area contributed by atoms with Gasteiger partial charge in [0.1, 0.15) is 6.04 Å². The maximum Gasteiger partial charge on any atom is 0.325 e. The van der Waals surface area contributed by atoms with Crippen LogP contribution in [-0.2, 0) is 19.1 Å². The summed E-state index contributed by atoms with van der Waals surface area (Å²) >= 11 is 0. The van der Waals surface area contributed by atoms with E-state index in [1.165, 1.54) is 7.11 Å². The van der Waals surface area contributed by atoms with Crippen molar-refractivity contribution in [2.45, 2.75) is 51.2 Å². The zero-order valence-corrected chi connectivity index (χ0v) is 11.6. The molecule has 1 aliphatic carbocycles. The van der Waals surface area contributed by atoms with Gasteiger partial charge in [-0.25, -0.2) is 0 Å². The Labute approximate surface area is 113 Å². The third kappa shape index (κ3) is 3.91. The Balaban J connectivity index is 2.57. The quantitative estimate of drug-likeness (QED) is 0.698. The minimum Gasteiger partial charge on any atom is -0.481 e. The molecule has 0 spiro atoms. The predicted octanol–water partition coefficient (Wildman–Crippen LogP) is 0.927. The summed E-state index contributed by atoms with van der Waals surface area (Å²) < 4.78 is 10.1. The van der Waals surface area contributed by atoms with E-state index in [1.807, 2.05) is 0 Å². The van der Waals surface area contributed by atoms with E-state index in [9.17, 15) is 14.7 Å². The molecule has 1 aliphatic rings. The van der Waals surface area contributed by atoms with Gasteiger partial charge < -0.3 is 20.3 Å². The van der Waals surface area contributed by atoms with Crippen LogP contribution in [0, 0.1) is 5.41 Å². The second-order valence-corrected chi connectivity index (χ2v) is 5.21. The van der Waals surface area contributed by atoms with E-state index in [0.717, 1.165) is 19.3 Å². The molecule has 110 valence electrons. The van der Waals surface area contributed by atoms with Gasteiger partial charge in [0, 0.05) is 0 Å².